The molecule has 0 aliphatic carbocycles. The van der Waals surface area contributed by atoms with E-state index >= 15 is 0 Å². The average molecular weight is 233 g/mol. The Kier molecular flexibility index (Phi) is 4.06. The highest BCUT2D eigenvalue weighted by Gasteiger charge is 2.29. The second-order valence-corrected chi connectivity index (χ2v) is 3.34. The number of benzene rings is 1. The molecule has 2 N–H and O–H groups in total. The molecule has 0 spiro atoms. The van der Waals surface area contributed by atoms with Crippen LogP contribution < -0.4 is 5.73 Å². The van der Waals surface area contributed by atoms with E-state index in [4.69, 9.17) is 5.73 Å². The van der Waals surface area contributed by atoms with Crippen LogP contribution in [0.4, 0.5) is 17.6 Å². The van der Waals surface area contributed by atoms with Crippen LogP contribution in [0.1, 0.15) is 11.1 Å². The molecule has 0 amide bonds. The lowest BCUT2D eigenvalue weighted by atomic mass is 10.0. The van der Waals surface area contributed by atoms with E-state index in [0.29, 0.717) is 17.5 Å². The van der Waals surface area contributed by atoms with Gasteiger partial charge in [-0.1, -0.05) is 12.1 Å². The summed E-state index contributed by atoms with van der Waals surface area (Å²) in [5.41, 5.74) is 5.48. The van der Waals surface area contributed by atoms with Crippen molar-refractivity contribution in [3.05, 3.63) is 47.3 Å². The van der Waals surface area contributed by atoms with Crippen molar-refractivity contribution in [1.82, 2.24) is 0 Å². The van der Waals surface area contributed by atoms with Crippen LogP contribution in [-0.4, -0.2) is 6.54 Å². The van der Waals surface area contributed by atoms with Crippen molar-refractivity contribution < 1.29 is 17.6 Å². The Labute approximate surface area is 90.6 Å². The number of nitrogens with two attached hydrogens (primary N) is 1. The molecule has 0 heterocycles. The van der Waals surface area contributed by atoms with Gasteiger partial charge in [-0.2, -0.15) is 13.2 Å². The highest BCUT2D eigenvalue weighted by Crippen LogP contribution is 2.29. The number of hydrogen-bond donors (Lipinski definition) is 1. The number of rotatable bonds is 3. The van der Waals surface area contributed by atoms with Gasteiger partial charge in [-0.3, -0.25) is 0 Å². The predicted molar refractivity (Wildman–Crippen MR) is 53.4 cm³/mol. The molecule has 1 aromatic carbocycles. The van der Waals surface area contributed by atoms with Gasteiger partial charge in [0.15, 0.2) is 0 Å². The SMILES string of the molecule is NCC(=CF)Cc1ccc(C(F)(F)F)cc1. The van der Waals surface area contributed by atoms with E-state index in [9.17, 15) is 17.6 Å². The van der Waals surface area contributed by atoms with Crippen molar-refractivity contribution in [3.63, 3.8) is 0 Å². The smallest absolute Gasteiger partial charge is 0.327 e. The highest BCUT2D eigenvalue weighted by atomic mass is 19.4. The summed E-state index contributed by atoms with van der Waals surface area (Å²) in [5, 5.41) is 0. The molecule has 16 heavy (non-hydrogen) atoms. The van der Waals surface area contributed by atoms with Gasteiger partial charge in [-0.15, -0.1) is 0 Å². The van der Waals surface area contributed by atoms with Crippen molar-refractivity contribution in [2.45, 2.75) is 12.6 Å². The Morgan fingerprint density at radius 3 is 2.12 bits per heavy atom. The van der Waals surface area contributed by atoms with Crippen LogP contribution in [0.5, 0.6) is 0 Å². The molecule has 1 rings (SSSR count). The Hall–Kier alpha value is -1.36. The highest BCUT2D eigenvalue weighted by molar-refractivity contribution is 5.27. The van der Waals surface area contributed by atoms with E-state index in [-0.39, 0.29) is 13.0 Å². The summed E-state index contributed by atoms with van der Waals surface area (Å²) in [6, 6.07) is 4.59. The largest absolute Gasteiger partial charge is 0.416 e. The van der Waals surface area contributed by atoms with E-state index in [1.54, 1.807) is 0 Å². The molecule has 1 aromatic rings. The minimum Gasteiger partial charge on any atom is -0.327 e. The maximum Gasteiger partial charge on any atom is 0.416 e. The Balaban J connectivity index is 2.80. The first-order valence-corrected chi connectivity index (χ1v) is 4.61. The van der Waals surface area contributed by atoms with E-state index < -0.39 is 11.7 Å². The van der Waals surface area contributed by atoms with E-state index in [0.717, 1.165) is 12.1 Å². The van der Waals surface area contributed by atoms with Gasteiger partial charge in [0.05, 0.1) is 11.9 Å². The lowest BCUT2D eigenvalue weighted by Gasteiger charge is -2.08. The lowest BCUT2D eigenvalue weighted by molar-refractivity contribution is -0.137. The maximum absolute atomic E-state index is 12.2. The third-order valence-electron chi connectivity index (χ3n) is 2.13. The maximum atomic E-state index is 12.2. The van der Waals surface area contributed by atoms with Crippen molar-refractivity contribution in [2.75, 3.05) is 6.54 Å². The topological polar surface area (TPSA) is 26.0 Å². The zero-order chi connectivity index (χ0) is 12.2. The summed E-state index contributed by atoms with van der Waals surface area (Å²) in [6.45, 7) is 0.0531. The molecular formula is C11H11F4N. The average Bonchev–Trinajstić information content (AvgIpc) is 2.25. The van der Waals surface area contributed by atoms with Gasteiger partial charge >= 0.3 is 6.18 Å². The van der Waals surface area contributed by atoms with Crippen LogP contribution >= 0.6 is 0 Å². The van der Waals surface area contributed by atoms with Gasteiger partial charge in [-0.25, -0.2) is 4.39 Å². The molecule has 1 nitrogen and oxygen atoms in total. The molecule has 0 aliphatic heterocycles. The molecule has 0 saturated heterocycles. The lowest BCUT2D eigenvalue weighted by Crippen LogP contribution is -2.07. The van der Waals surface area contributed by atoms with Gasteiger partial charge in [0, 0.05) is 6.54 Å². The van der Waals surface area contributed by atoms with E-state index in [1.165, 1.54) is 12.1 Å². The van der Waals surface area contributed by atoms with Crippen molar-refractivity contribution in [3.8, 4) is 0 Å². The molecule has 0 saturated carbocycles. The Morgan fingerprint density at radius 1 is 1.19 bits per heavy atom. The number of halogens is 4. The normalized spacial score (nSPS) is 12.9. The summed E-state index contributed by atoms with van der Waals surface area (Å²) in [4.78, 5) is 0. The predicted octanol–water partition coefficient (Wildman–Crippen LogP) is 3.06. The van der Waals surface area contributed by atoms with Gasteiger partial charge in [0.2, 0.25) is 0 Å². The Bertz CT molecular complexity index is 365. The molecule has 5 heteroatoms. The van der Waals surface area contributed by atoms with E-state index in [2.05, 4.69) is 0 Å². The van der Waals surface area contributed by atoms with Gasteiger partial charge in [0.1, 0.15) is 0 Å². The van der Waals surface area contributed by atoms with Crippen molar-refractivity contribution >= 4 is 0 Å². The van der Waals surface area contributed by atoms with Gasteiger partial charge in [-0.05, 0) is 29.7 Å². The Morgan fingerprint density at radius 2 is 1.75 bits per heavy atom. The van der Waals surface area contributed by atoms with Crippen molar-refractivity contribution in [1.29, 1.82) is 0 Å². The molecule has 0 fully saturated rings. The number of hydrogen-bond acceptors (Lipinski definition) is 1. The first-order valence-electron chi connectivity index (χ1n) is 4.61. The van der Waals surface area contributed by atoms with E-state index in [1.807, 2.05) is 0 Å². The van der Waals surface area contributed by atoms with Crippen LogP contribution in [-0.2, 0) is 12.6 Å². The molecule has 0 unspecified atom stereocenters. The fourth-order valence-corrected chi connectivity index (χ4v) is 1.23. The molecule has 0 aliphatic rings. The third kappa shape index (κ3) is 3.34. The number of alkyl halides is 3. The van der Waals surface area contributed by atoms with Crippen LogP contribution in [0.15, 0.2) is 36.2 Å². The first kappa shape index (κ1) is 12.7. The monoisotopic (exact) mass is 233 g/mol. The fourth-order valence-electron chi connectivity index (χ4n) is 1.23. The summed E-state index contributed by atoms with van der Waals surface area (Å²) in [7, 11) is 0. The summed E-state index contributed by atoms with van der Waals surface area (Å²) in [5.74, 6) is 0. The molecule has 0 atom stereocenters. The van der Waals surface area contributed by atoms with Gasteiger partial charge < -0.3 is 5.73 Å². The standard InChI is InChI=1S/C11H11F4N/c12-6-9(7-16)5-8-1-3-10(4-2-8)11(13,14)15/h1-4,6H,5,7,16H2. The van der Waals surface area contributed by atoms with Crippen LogP contribution in [0.25, 0.3) is 0 Å². The molecule has 0 bridgehead atoms. The zero-order valence-corrected chi connectivity index (χ0v) is 8.39. The third-order valence-corrected chi connectivity index (χ3v) is 2.13. The van der Waals surface area contributed by atoms with Gasteiger partial charge in [0.25, 0.3) is 0 Å². The summed E-state index contributed by atoms with van der Waals surface area (Å²) < 4.78 is 48.9. The quantitative estimate of drug-likeness (QED) is 0.798. The van der Waals surface area contributed by atoms with Crippen LogP contribution in [0, 0.1) is 0 Å². The molecular weight excluding hydrogens is 222 g/mol. The molecule has 0 radical (unpaired) electrons. The van der Waals surface area contributed by atoms with Crippen LogP contribution in [0.2, 0.25) is 0 Å². The molecule has 88 valence electrons. The second kappa shape index (κ2) is 5.12. The fraction of sp³-hybridized carbons (Fsp3) is 0.273. The summed E-state index contributed by atoms with van der Waals surface area (Å²) in [6.07, 6.45) is -3.73. The summed E-state index contributed by atoms with van der Waals surface area (Å²) >= 11 is 0. The van der Waals surface area contributed by atoms with Crippen molar-refractivity contribution in [2.24, 2.45) is 5.73 Å². The first-order chi connectivity index (χ1) is 7.47. The minimum atomic E-state index is -4.34. The zero-order valence-electron chi connectivity index (χ0n) is 8.39. The minimum absolute atomic E-state index is 0.0531. The molecule has 0 aromatic heterocycles. The van der Waals surface area contributed by atoms with Crippen LogP contribution in [0.3, 0.4) is 0 Å². The second-order valence-electron chi connectivity index (χ2n) is 3.34.